The first kappa shape index (κ1) is 13.3. The number of carbonyl (C=O) groups is 1. The molecule has 2 heterocycles. The Balaban J connectivity index is 1.46. The highest BCUT2D eigenvalue weighted by molar-refractivity contribution is 5.94. The number of likely N-dealkylation sites (tertiary alicyclic amines) is 1. The molecule has 2 saturated heterocycles. The normalized spacial score (nSPS) is 23.5. The first-order valence-corrected chi connectivity index (χ1v) is 8.38. The highest BCUT2D eigenvalue weighted by Crippen LogP contribution is 2.37. The zero-order valence-corrected chi connectivity index (χ0v) is 12.7. The number of nitrogens with one attached hydrogen (secondary N) is 1. The molecule has 112 valence electrons. The molecule has 0 aromatic heterocycles. The number of piperidine rings is 1. The molecule has 2 aliphatic heterocycles. The van der Waals surface area contributed by atoms with Gasteiger partial charge in [-0.1, -0.05) is 6.07 Å². The number of amides is 1. The third-order valence-corrected chi connectivity index (χ3v) is 5.79. The molecule has 0 unspecified atom stereocenters. The standard InChI is InChI=1S/C18H24N2O/c21-17(16-5-4-14-2-1-3-15(14)12-16)20-10-7-18(8-11-20)6-9-19-13-18/h4-5,12,19H,1-3,6-11,13H2. The summed E-state index contributed by atoms with van der Waals surface area (Å²) in [6.07, 6.45) is 7.18. The molecule has 1 aromatic rings. The van der Waals surface area contributed by atoms with Crippen LogP contribution in [-0.2, 0) is 12.8 Å². The van der Waals surface area contributed by atoms with E-state index < -0.39 is 0 Å². The van der Waals surface area contributed by atoms with E-state index in [4.69, 9.17) is 0 Å². The van der Waals surface area contributed by atoms with Gasteiger partial charge in [0, 0.05) is 25.2 Å². The van der Waals surface area contributed by atoms with E-state index in [1.54, 1.807) is 0 Å². The third-order valence-electron chi connectivity index (χ3n) is 5.79. The molecule has 2 fully saturated rings. The Morgan fingerprint density at radius 1 is 1.10 bits per heavy atom. The number of hydrogen-bond acceptors (Lipinski definition) is 2. The van der Waals surface area contributed by atoms with Crippen molar-refractivity contribution in [2.24, 2.45) is 5.41 Å². The molecule has 3 nitrogen and oxygen atoms in total. The predicted octanol–water partition coefficient (Wildman–Crippen LogP) is 2.39. The Hall–Kier alpha value is -1.35. The van der Waals surface area contributed by atoms with Gasteiger partial charge in [0.2, 0.25) is 0 Å². The fourth-order valence-electron chi connectivity index (χ4n) is 4.29. The van der Waals surface area contributed by atoms with Crippen molar-refractivity contribution < 1.29 is 4.79 Å². The molecule has 3 aliphatic rings. The molecular weight excluding hydrogens is 260 g/mol. The minimum absolute atomic E-state index is 0.241. The lowest BCUT2D eigenvalue weighted by Gasteiger charge is -2.39. The second-order valence-electron chi connectivity index (χ2n) is 7.06. The number of hydrogen-bond donors (Lipinski definition) is 1. The summed E-state index contributed by atoms with van der Waals surface area (Å²) in [5.41, 5.74) is 4.22. The van der Waals surface area contributed by atoms with E-state index in [2.05, 4.69) is 22.3 Å². The Kier molecular flexibility index (Phi) is 3.26. The van der Waals surface area contributed by atoms with Crippen LogP contribution in [-0.4, -0.2) is 37.0 Å². The van der Waals surface area contributed by atoms with Crippen LogP contribution >= 0.6 is 0 Å². The van der Waals surface area contributed by atoms with Gasteiger partial charge in [-0.25, -0.2) is 0 Å². The Labute approximate surface area is 126 Å². The van der Waals surface area contributed by atoms with Crippen molar-refractivity contribution in [2.45, 2.75) is 38.5 Å². The summed E-state index contributed by atoms with van der Waals surface area (Å²) in [5.74, 6) is 0.241. The molecule has 1 amide bonds. The molecule has 1 aliphatic carbocycles. The fourth-order valence-corrected chi connectivity index (χ4v) is 4.29. The van der Waals surface area contributed by atoms with Crippen molar-refractivity contribution >= 4 is 5.91 Å². The topological polar surface area (TPSA) is 32.3 Å². The van der Waals surface area contributed by atoms with E-state index in [9.17, 15) is 4.79 Å². The minimum atomic E-state index is 0.241. The third kappa shape index (κ3) is 2.38. The van der Waals surface area contributed by atoms with Gasteiger partial charge in [-0.15, -0.1) is 0 Å². The van der Waals surface area contributed by atoms with Gasteiger partial charge >= 0.3 is 0 Å². The van der Waals surface area contributed by atoms with E-state index in [1.807, 2.05) is 6.07 Å². The van der Waals surface area contributed by atoms with Crippen molar-refractivity contribution in [1.29, 1.82) is 0 Å². The smallest absolute Gasteiger partial charge is 0.253 e. The lowest BCUT2D eigenvalue weighted by Crippen LogP contribution is -2.44. The van der Waals surface area contributed by atoms with Crippen LogP contribution < -0.4 is 5.32 Å². The average Bonchev–Trinajstić information content (AvgIpc) is 3.16. The van der Waals surface area contributed by atoms with E-state index in [1.165, 1.54) is 30.4 Å². The molecule has 1 spiro atoms. The molecule has 1 N–H and O–H groups in total. The van der Waals surface area contributed by atoms with Crippen LogP contribution in [0.4, 0.5) is 0 Å². The van der Waals surface area contributed by atoms with Crippen LogP contribution in [0.3, 0.4) is 0 Å². The highest BCUT2D eigenvalue weighted by Gasteiger charge is 2.38. The van der Waals surface area contributed by atoms with Gasteiger partial charge in [0.15, 0.2) is 0 Å². The van der Waals surface area contributed by atoms with E-state index in [0.717, 1.165) is 51.0 Å². The zero-order valence-electron chi connectivity index (χ0n) is 12.7. The van der Waals surface area contributed by atoms with Gasteiger partial charge in [-0.2, -0.15) is 0 Å². The van der Waals surface area contributed by atoms with Crippen LogP contribution in [0.25, 0.3) is 0 Å². The summed E-state index contributed by atoms with van der Waals surface area (Å²) in [6.45, 7) is 4.15. The highest BCUT2D eigenvalue weighted by atomic mass is 16.2. The molecule has 4 rings (SSSR count). The van der Waals surface area contributed by atoms with Crippen molar-refractivity contribution in [3.63, 3.8) is 0 Å². The lowest BCUT2D eigenvalue weighted by atomic mass is 9.78. The summed E-state index contributed by atoms with van der Waals surface area (Å²) in [7, 11) is 0. The molecular formula is C18H24N2O. The molecule has 1 aromatic carbocycles. The molecule has 3 heteroatoms. The number of benzene rings is 1. The van der Waals surface area contributed by atoms with Gasteiger partial charge in [0.05, 0.1) is 0 Å². The monoisotopic (exact) mass is 284 g/mol. The number of nitrogens with zero attached hydrogens (tertiary/aromatic N) is 1. The minimum Gasteiger partial charge on any atom is -0.339 e. The number of aryl methyl sites for hydroxylation is 2. The van der Waals surface area contributed by atoms with Crippen LogP contribution in [0.5, 0.6) is 0 Å². The van der Waals surface area contributed by atoms with Crippen LogP contribution in [0.2, 0.25) is 0 Å². The van der Waals surface area contributed by atoms with Crippen LogP contribution in [0, 0.1) is 5.41 Å². The van der Waals surface area contributed by atoms with Gasteiger partial charge in [0.25, 0.3) is 5.91 Å². The maximum atomic E-state index is 12.7. The number of rotatable bonds is 1. The summed E-state index contributed by atoms with van der Waals surface area (Å²) >= 11 is 0. The fraction of sp³-hybridized carbons (Fsp3) is 0.611. The maximum Gasteiger partial charge on any atom is 0.253 e. The maximum absolute atomic E-state index is 12.7. The SMILES string of the molecule is O=C(c1ccc2c(c1)CCC2)N1CCC2(CCNC2)CC1. The van der Waals surface area contributed by atoms with Crippen molar-refractivity contribution in [1.82, 2.24) is 10.2 Å². The van der Waals surface area contributed by atoms with Crippen molar-refractivity contribution in [3.8, 4) is 0 Å². The second kappa shape index (κ2) is 5.13. The first-order valence-electron chi connectivity index (χ1n) is 8.38. The number of carbonyl (C=O) groups excluding carboxylic acids is 1. The number of fused-ring (bicyclic) bond motifs is 1. The summed E-state index contributed by atoms with van der Waals surface area (Å²) in [5, 5.41) is 3.48. The summed E-state index contributed by atoms with van der Waals surface area (Å²) < 4.78 is 0. The van der Waals surface area contributed by atoms with Crippen LogP contribution in [0.15, 0.2) is 18.2 Å². The van der Waals surface area contributed by atoms with Crippen LogP contribution in [0.1, 0.15) is 47.2 Å². The molecule has 0 bridgehead atoms. The van der Waals surface area contributed by atoms with Gasteiger partial charge in [0.1, 0.15) is 0 Å². The molecule has 0 radical (unpaired) electrons. The predicted molar refractivity (Wildman–Crippen MR) is 83.5 cm³/mol. The lowest BCUT2D eigenvalue weighted by molar-refractivity contribution is 0.0607. The second-order valence-corrected chi connectivity index (χ2v) is 7.06. The first-order chi connectivity index (χ1) is 10.3. The largest absolute Gasteiger partial charge is 0.339 e. The average molecular weight is 284 g/mol. The van der Waals surface area contributed by atoms with Gasteiger partial charge in [-0.05, 0) is 73.7 Å². The van der Waals surface area contributed by atoms with Crippen molar-refractivity contribution in [2.75, 3.05) is 26.2 Å². The molecule has 21 heavy (non-hydrogen) atoms. The van der Waals surface area contributed by atoms with E-state index >= 15 is 0 Å². The van der Waals surface area contributed by atoms with Crippen molar-refractivity contribution in [3.05, 3.63) is 34.9 Å². The summed E-state index contributed by atoms with van der Waals surface area (Å²) in [6, 6.07) is 6.35. The Bertz CT molecular complexity index is 550. The molecule has 0 saturated carbocycles. The summed E-state index contributed by atoms with van der Waals surface area (Å²) in [4.78, 5) is 14.8. The molecule has 0 atom stereocenters. The Morgan fingerprint density at radius 3 is 2.67 bits per heavy atom. The van der Waals surface area contributed by atoms with E-state index in [0.29, 0.717) is 5.41 Å². The van der Waals surface area contributed by atoms with Gasteiger partial charge in [-0.3, -0.25) is 4.79 Å². The Morgan fingerprint density at radius 2 is 1.90 bits per heavy atom. The van der Waals surface area contributed by atoms with E-state index in [-0.39, 0.29) is 5.91 Å². The zero-order chi connectivity index (χ0) is 14.3. The quantitative estimate of drug-likeness (QED) is 0.859. The van der Waals surface area contributed by atoms with Gasteiger partial charge < -0.3 is 10.2 Å².